The summed E-state index contributed by atoms with van der Waals surface area (Å²) < 4.78 is 15.3. The van der Waals surface area contributed by atoms with Gasteiger partial charge >= 0.3 is 6.16 Å². The Hall–Kier alpha value is -0.770. The third-order valence-electron chi connectivity index (χ3n) is 2.60. The highest BCUT2D eigenvalue weighted by Gasteiger charge is 2.33. The van der Waals surface area contributed by atoms with Crippen molar-refractivity contribution < 1.29 is 19.0 Å². The first kappa shape index (κ1) is 13.3. The van der Waals surface area contributed by atoms with E-state index in [0.717, 1.165) is 18.9 Å². The molecule has 0 N–H and O–H groups in total. The maximum Gasteiger partial charge on any atom is 0.508 e. The van der Waals surface area contributed by atoms with Crippen molar-refractivity contribution in [2.24, 2.45) is 11.3 Å². The molecule has 0 aromatic carbocycles. The molecule has 0 saturated carbocycles. The Bertz CT molecular complexity index is 215. The third-order valence-corrected chi connectivity index (χ3v) is 2.60. The Balaban J connectivity index is 2.09. The van der Waals surface area contributed by atoms with Gasteiger partial charge in [0.2, 0.25) is 0 Å². The molecule has 16 heavy (non-hydrogen) atoms. The molecule has 4 nitrogen and oxygen atoms in total. The minimum absolute atomic E-state index is 0.189. The van der Waals surface area contributed by atoms with Crippen LogP contribution in [0.3, 0.4) is 0 Å². The summed E-state index contributed by atoms with van der Waals surface area (Å²) >= 11 is 0. The van der Waals surface area contributed by atoms with Gasteiger partial charge < -0.3 is 14.2 Å². The van der Waals surface area contributed by atoms with Gasteiger partial charge in [-0.25, -0.2) is 4.79 Å². The molecule has 1 aliphatic heterocycles. The average Bonchev–Trinajstić information content (AvgIpc) is 2.22. The Morgan fingerprint density at radius 2 is 2.00 bits per heavy atom. The second kappa shape index (κ2) is 6.09. The molecule has 0 spiro atoms. The molecule has 1 fully saturated rings. The summed E-state index contributed by atoms with van der Waals surface area (Å²) in [5.41, 5.74) is -0.189. The van der Waals surface area contributed by atoms with Crippen molar-refractivity contribution in [3.8, 4) is 0 Å². The highest BCUT2D eigenvalue weighted by Crippen LogP contribution is 2.22. The monoisotopic (exact) mass is 230 g/mol. The first-order valence-corrected chi connectivity index (χ1v) is 5.89. The van der Waals surface area contributed by atoms with Gasteiger partial charge in [-0.2, -0.15) is 0 Å². The maximum atomic E-state index is 10.7. The molecule has 1 saturated heterocycles. The van der Waals surface area contributed by atoms with E-state index >= 15 is 0 Å². The van der Waals surface area contributed by atoms with E-state index in [0.29, 0.717) is 19.8 Å². The van der Waals surface area contributed by atoms with Crippen molar-refractivity contribution in [3.63, 3.8) is 0 Å². The van der Waals surface area contributed by atoms with Crippen LogP contribution in [-0.4, -0.2) is 32.6 Å². The summed E-state index contributed by atoms with van der Waals surface area (Å²) in [4.78, 5) is 10.7. The quantitative estimate of drug-likeness (QED) is 0.519. The molecular formula is C12H22O4. The molecule has 0 amide bonds. The van der Waals surface area contributed by atoms with E-state index < -0.39 is 6.16 Å². The van der Waals surface area contributed by atoms with Gasteiger partial charge in [0.05, 0.1) is 12.0 Å². The van der Waals surface area contributed by atoms with Crippen LogP contribution >= 0.6 is 0 Å². The lowest BCUT2D eigenvalue weighted by Gasteiger charge is -2.31. The van der Waals surface area contributed by atoms with Crippen LogP contribution in [0.5, 0.6) is 0 Å². The lowest BCUT2D eigenvalue weighted by atomic mass is 9.94. The van der Waals surface area contributed by atoms with Crippen LogP contribution in [0, 0.1) is 11.3 Å². The highest BCUT2D eigenvalue weighted by molar-refractivity contribution is 5.60. The fraction of sp³-hybridized carbons (Fsp3) is 0.917. The number of hydrogen-bond donors (Lipinski definition) is 0. The lowest BCUT2D eigenvalue weighted by molar-refractivity contribution is -0.0853. The Morgan fingerprint density at radius 1 is 1.38 bits per heavy atom. The van der Waals surface area contributed by atoms with Crippen LogP contribution in [0.15, 0.2) is 0 Å². The van der Waals surface area contributed by atoms with E-state index in [1.807, 2.05) is 6.92 Å². The number of carbonyl (C=O) groups excluding carboxylic acids is 1. The number of hydrogen-bond acceptors (Lipinski definition) is 4. The number of cyclic esters (lactones) is 2. The Morgan fingerprint density at radius 3 is 2.56 bits per heavy atom. The standard InChI is InChI=1S/C12H22O4/c1-10(2)5-4-6-14-7-12(3)8-15-11(13)16-9-12/h10H,4-9H2,1-3H3. The fourth-order valence-electron chi connectivity index (χ4n) is 1.55. The van der Waals surface area contributed by atoms with Crippen LogP contribution < -0.4 is 0 Å². The zero-order valence-electron chi connectivity index (χ0n) is 10.5. The van der Waals surface area contributed by atoms with Gasteiger partial charge in [0.1, 0.15) is 13.2 Å². The topological polar surface area (TPSA) is 44.8 Å². The minimum Gasteiger partial charge on any atom is -0.433 e. The second-order valence-electron chi connectivity index (χ2n) is 5.23. The van der Waals surface area contributed by atoms with E-state index in [2.05, 4.69) is 13.8 Å². The number of rotatable bonds is 6. The molecule has 0 radical (unpaired) electrons. The van der Waals surface area contributed by atoms with Crippen molar-refractivity contribution in [2.45, 2.75) is 33.6 Å². The van der Waals surface area contributed by atoms with Crippen molar-refractivity contribution in [1.29, 1.82) is 0 Å². The summed E-state index contributed by atoms with van der Waals surface area (Å²) in [5.74, 6) is 0.721. The smallest absolute Gasteiger partial charge is 0.433 e. The van der Waals surface area contributed by atoms with E-state index in [1.54, 1.807) is 0 Å². The summed E-state index contributed by atoms with van der Waals surface area (Å²) in [6.45, 7) is 8.53. The van der Waals surface area contributed by atoms with E-state index in [1.165, 1.54) is 6.42 Å². The van der Waals surface area contributed by atoms with E-state index in [9.17, 15) is 4.79 Å². The van der Waals surface area contributed by atoms with Gasteiger partial charge in [-0.15, -0.1) is 0 Å². The fourth-order valence-corrected chi connectivity index (χ4v) is 1.55. The van der Waals surface area contributed by atoms with Gasteiger partial charge in [-0.1, -0.05) is 20.8 Å². The predicted molar refractivity (Wildman–Crippen MR) is 60.3 cm³/mol. The molecule has 94 valence electrons. The molecule has 0 aliphatic carbocycles. The zero-order chi connectivity index (χ0) is 12.0. The minimum atomic E-state index is -0.572. The molecule has 1 rings (SSSR count). The van der Waals surface area contributed by atoms with E-state index in [-0.39, 0.29) is 5.41 Å². The first-order valence-electron chi connectivity index (χ1n) is 5.89. The van der Waals surface area contributed by atoms with Crippen molar-refractivity contribution >= 4 is 6.16 Å². The molecule has 1 heterocycles. The third kappa shape index (κ3) is 4.84. The number of ether oxygens (including phenoxy) is 3. The molecule has 0 unspecified atom stereocenters. The van der Waals surface area contributed by atoms with Gasteiger partial charge in [0, 0.05) is 6.61 Å². The van der Waals surface area contributed by atoms with E-state index in [4.69, 9.17) is 14.2 Å². The lowest BCUT2D eigenvalue weighted by Crippen LogP contribution is -2.40. The Kier molecular flexibility index (Phi) is 5.06. The Labute approximate surface area is 97.2 Å². The van der Waals surface area contributed by atoms with Crippen molar-refractivity contribution in [2.75, 3.05) is 26.4 Å². The predicted octanol–water partition coefficient (Wildman–Crippen LogP) is 2.61. The van der Waals surface area contributed by atoms with Gasteiger partial charge in [0.15, 0.2) is 0 Å². The average molecular weight is 230 g/mol. The molecule has 0 bridgehead atoms. The van der Waals surface area contributed by atoms with Crippen LogP contribution in [0.25, 0.3) is 0 Å². The van der Waals surface area contributed by atoms with Crippen LogP contribution in [-0.2, 0) is 14.2 Å². The summed E-state index contributed by atoms with van der Waals surface area (Å²) in [7, 11) is 0. The van der Waals surface area contributed by atoms with Gasteiger partial charge in [-0.05, 0) is 18.8 Å². The van der Waals surface area contributed by atoms with Crippen molar-refractivity contribution in [1.82, 2.24) is 0 Å². The molecule has 0 atom stereocenters. The molecule has 1 aliphatic rings. The van der Waals surface area contributed by atoms with Crippen LogP contribution in [0.2, 0.25) is 0 Å². The normalized spacial score (nSPS) is 19.4. The van der Waals surface area contributed by atoms with Gasteiger partial charge in [0.25, 0.3) is 0 Å². The van der Waals surface area contributed by atoms with Crippen molar-refractivity contribution in [3.05, 3.63) is 0 Å². The summed E-state index contributed by atoms with van der Waals surface area (Å²) in [5, 5.41) is 0. The molecular weight excluding hydrogens is 208 g/mol. The zero-order valence-corrected chi connectivity index (χ0v) is 10.5. The molecule has 0 aromatic rings. The first-order chi connectivity index (χ1) is 7.52. The largest absolute Gasteiger partial charge is 0.508 e. The summed E-state index contributed by atoms with van der Waals surface area (Å²) in [6.07, 6.45) is 1.69. The van der Waals surface area contributed by atoms with Gasteiger partial charge in [-0.3, -0.25) is 0 Å². The molecule has 4 heteroatoms. The van der Waals surface area contributed by atoms with Crippen LogP contribution in [0.1, 0.15) is 33.6 Å². The SMILES string of the molecule is CC(C)CCCOCC1(C)COC(=O)OC1. The summed E-state index contributed by atoms with van der Waals surface area (Å²) in [6, 6.07) is 0. The second-order valence-corrected chi connectivity index (χ2v) is 5.23. The maximum absolute atomic E-state index is 10.7. The molecule has 0 aromatic heterocycles. The number of carbonyl (C=O) groups is 1. The van der Waals surface area contributed by atoms with Crippen LogP contribution in [0.4, 0.5) is 4.79 Å². The highest BCUT2D eigenvalue weighted by atomic mass is 16.7.